The number of nitrogens with one attached hydrogen (secondary N) is 1. The number of carbonyl (C=O) groups is 1. The molecule has 78 heavy (non-hydrogen) atoms. The first-order valence-corrected chi connectivity index (χ1v) is 31.6. The van der Waals surface area contributed by atoms with Crippen LogP contribution >= 0.6 is 93.1 Å². The molecule has 8 aromatic rings. The van der Waals surface area contributed by atoms with Gasteiger partial charge in [0.1, 0.15) is 41.8 Å². The largest absolute Gasteiger partial charge is 0.508 e. The highest BCUT2D eigenvalue weighted by Gasteiger charge is 2.18. The van der Waals surface area contributed by atoms with Crippen LogP contribution in [0, 0.1) is 0 Å². The molecule has 0 spiro atoms. The van der Waals surface area contributed by atoms with Crippen molar-refractivity contribution >= 4 is 140 Å². The van der Waals surface area contributed by atoms with Gasteiger partial charge in [0.15, 0.2) is 0 Å². The van der Waals surface area contributed by atoms with Crippen LogP contribution in [0.5, 0.6) is 23.0 Å². The first kappa shape index (κ1) is 64.5. The van der Waals surface area contributed by atoms with Crippen molar-refractivity contribution in [2.24, 2.45) is 5.73 Å². The van der Waals surface area contributed by atoms with Crippen molar-refractivity contribution in [1.29, 1.82) is 0 Å². The minimum absolute atomic E-state index is 0.00694. The van der Waals surface area contributed by atoms with Crippen molar-refractivity contribution in [3.63, 3.8) is 0 Å². The standard InChI is InChI=1S/C20H26BrFN2O3S.C15H18BrFN2OS.C11H12BrNOS.C11H13NOS/c1-5-6-7-16-24-14-8-9-15(17(21)18(14)28-16)26-12-13(10-22)11-23-19(25)27-20(2,3)4;1-2-3-4-13-19-11-5-6-12(14(16)15(11)21-13)20-9-10(7-17)8-18;1-2-3-4-9-13-7-5-6-8(14)10(12)11(7)15-9;1-2-3-4-11-12-9-6-5-8(13)7-10(9)14-11/h8-10H,5-7,11-12H2,1-4H3,(H,23,25);5-7H,2-4,8-9,18H2,1H3;5-6,14H,2-4H2,1H3;5-7,13H,2-4H2,1H3/b13-10+;10-7+;;. The molecule has 0 atom stereocenters. The number of aromatic nitrogens is 4. The molecule has 0 aliphatic heterocycles. The molecule has 0 radical (unpaired) electrons. The Bertz CT molecular complexity index is 3250. The number of nitrogens with two attached hydrogens (primary N) is 1. The van der Waals surface area contributed by atoms with Crippen LogP contribution in [0.1, 0.15) is 120 Å². The van der Waals surface area contributed by atoms with Crippen LogP contribution in [-0.4, -0.2) is 68.1 Å². The number of phenolic OH excluding ortho intramolecular Hbond substituents is 2. The molecule has 8 rings (SSSR count). The predicted molar refractivity (Wildman–Crippen MR) is 332 cm³/mol. The Morgan fingerprint density at radius 3 is 1.46 bits per heavy atom. The Balaban J connectivity index is 0.000000199. The van der Waals surface area contributed by atoms with Gasteiger partial charge in [-0.2, -0.15) is 0 Å². The summed E-state index contributed by atoms with van der Waals surface area (Å²) in [5.74, 6) is 1.90. The number of hydrogen-bond acceptors (Lipinski definition) is 15. The summed E-state index contributed by atoms with van der Waals surface area (Å²) in [5.41, 5.74) is 9.39. The van der Waals surface area contributed by atoms with Gasteiger partial charge in [-0.15, -0.1) is 45.3 Å². The first-order valence-electron chi connectivity index (χ1n) is 25.9. The van der Waals surface area contributed by atoms with Gasteiger partial charge in [-0.3, -0.25) is 0 Å². The van der Waals surface area contributed by atoms with Gasteiger partial charge in [0.05, 0.1) is 87.0 Å². The molecule has 0 bridgehead atoms. The third-order valence-electron chi connectivity index (χ3n) is 11.2. The van der Waals surface area contributed by atoms with Crippen LogP contribution in [0.4, 0.5) is 13.6 Å². The van der Waals surface area contributed by atoms with Gasteiger partial charge in [-0.1, -0.05) is 53.4 Å². The number of amides is 1. The van der Waals surface area contributed by atoms with Crippen LogP contribution in [0.15, 0.2) is 91.8 Å². The SMILES string of the molecule is CCCCc1nc2ccc(O)c(Br)c2s1.CCCCc1nc2ccc(O)cc2s1.CCCCc1nc2ccc(OC/C(=C/F)CN)c(Br)c2s1.CCCCc1nc2ccc(OC/C(=C/F)CNC(=O)OC(C)(C)C)c(Br)c2s1. The van der Waals surface area contributed by atoms with Crippen LogP contribution < -0.4 is 20.5 Å². The summed E-state index contributed by atoms with van der Waals surface area (Å²) in [6, 6.07) is 16.4. The van der Waals surface area contributed by atoms with E-state index in [0.29, 0.717) is 41.1 Å². The summed E-state index contributed by atoms with van der Waals surface area (Å²) in [5, 5.41) is 25.9. The van der Waals surface area contributed by atoms with Crippen molar-refractivity contribution in [2.45, 2.75) is 131 Å². The number of fused-ring (bicyclic) bond motifs is 4. The fourth-order valence-corrected chi connectivity index (χ4v) is 13.1. The molecular formula is C57H69Br3F2N6O6S4. The number of nitrogens with zero attached hydrogens (tertiary/aromatic N) is 4. The monoisotopic (exact) mass is 1340 g/mol. The van der Waals surface area contributed by atoms with E-state index in [-0.39, 0.29) is 32.1 Å². The van der Waals surface area contributed by atoms with Gasteiger partial charge in [0.2, 0.25) is 0 Å². The van der Waals surface area contributed by atoms with Gasteiger partial charge >= 0.3 is 6.09 Å². The van der Waals surface area contributed by atoms with Crippen LogP contribution in [0.25, 0.3) is 40.9 Å². The number of aromatic hydroxyl groups is 2. The van der Waals surface area contributed by atoms with E-state index in [1.165, 1.54) is 30.7 Å². The Kier molecular flexibility index (Phi) is 27.1. The number of aryl methyl sites for hydroxylation is 4. The lowest BCUT2D eigenvalue weighted by atomic mass is 10.2. The smallest absolute Gasteiger partial charge is 0.407 e. The molecular weight excluding hydrogens is 1270 g/mol. The van der Waals surface area contributed by atoms with E-state index in [1.807, 2.05) is 36.4 Å². The highest BCUT2D eigenvalue weighted by Crippen LogP contribution is 2.39. The number of rotatable bonds is 21. The fraction of sp³-hybridized carbons (Fsp3) is 0.421. The molecule has 422 valence electrons. The van der Waals surface area contributed by atoms with Crippen molar-refractivity contribution in [2.75, 3.05) is 26.3 Å². The van der Waals surface area contributed by atoms with Gasteiger partial charge in [-0.25, -0.2) is 33.5 Å². The zero-order chi connectivity index (χ0) is 56.8. The number of thiazole rings is 4. The lowest BCUT2D eigenvalue weighted by molar-refractivity contribution is 0.0531. The highest BCUT2D eigenvalue weighted by molar-refractivity contribution is 9.11. The maximum Gasteiger partial charge on any atom is 0.407 e. The van der Waals surface area contributed by atoms with E-state index < -0.39 is 11.7 Å². The number of unbranched alkanes of at least 4 members (excludes halogenated alkanes) is 4. The molecule has 21 heteroatoms. The first-order chi connectivity index (χ1) is 37.4. The molecule has 0 saturated heterocycles. The molecule has 0 aliphatic rings. The molecule has 0 aliphatic carbocycles. The Morgan fingerprint density at radius 1 is 0.615 bits per heavy atom. The van der Waals surface area contributed by atoms with E-state index in [9.17, 15) is 23.8 Å². The molecule has 0 saturated carbocycles. The molecule has 0 unspecified atom stereocenters. The maximum atomic E-state index is 13.2. The lowest BCUT2D eigenvalue weighted by Crippen LogP contribution is -2.34. The summed E-state index contributed by atoms with van der Waals surface area (Å²) in [6.07, 6.45) is 13.7. The van der Waals surface area contributed by atoms with E-state index in [2.05, 4.69) is 101 Å². The summed E-state index contributed by atoms with van der Waals surface area (Å²) >= 11 is 17.2. The van der Waals surface area contributed by atoms with E-state index in [0.717, 1.165) is 121 Å². The number of carbonyl (C=O) groups excluding carboxylic acids is 1. The van der Waals surface area contributed by atoms with Crippen molar-refractivity contribution in [3.05, 3.63) is 112 Å². The van der Waals surface area contributed by atoms with Crippen LogP contribution in [0.2, 0.25) is 0 Å². The minimum atomic E-state index is -0.606. The predicted octanol–water partition coefficient (Wildman–Crippen LogP) is 18.2. The Labute approximate surface area is 497 Å². The second-order valence-electron chi connectivity index (χ2n) is 18.9. The average Bonchev–Trinajstić information content (AvgIpc) is 4.25. The fourth-order valence-electron chi connectivity index (χ4n) is 6.99. The topological polar surface area (TPSA) is 175 Å². The lowest BCUT2D eigenvalue weighted by Gasteiger charge is -2.20. The Hall–Kier alpha value is -4.35. The van der Waals surface area contributed by atoms with Crippen LogP contribution in [-0.2, 0) is 30.4 Å². The zero-order valence-electron chi connectivity index (χ0n) is 45.1. The number of halogens is 5. The average molecular weight is 1340 g/mol. The normalized spacial score (nSPS) is 11.8. The molecule has 4 heterocycles. The second kappa shape index (κ2) is 32.8. The molecule has 12 nitrogen and oxygen atoms in total. The van der Waals surface area contributed by atoms with Crippen LogP contribution in [0.3, 0.4) is 0 Å². The van der Waals surface area contributed by atoms with E-state index in [1.54, 1.807) is 84.3 Å². The maximum absolute atomic E-state index is 13.2. The summed E-state index contributed by atoms with van der Waals surface area (Å²) in [7, 11) is 0. The van der Waals surface area contributed by atoms with Crippen molar-refractivity contribution in [1.82, 2.24) is 25.3 Å². The summed E-state index contributed by atoms with van der Waals surface area (Å²) < 4.78 is 48.8. The third-order valence-corrected chi connectivity index (χ3v) is 18.9. The number of phenols is 2. The minimum Gasteiger partial charge on any atom is -0.508 e. The zero-order valence-corrected chi connectivity index (χ0v) is 53.1. The quantitative estimate of drug-likeness (QED) is 0.0539. The molecule has 0 fully saturated rings. The van der Waals surface area contributed by atoms with Gasteiger partial charge in [-0.05, 0) is 175 Å². The van der Waals surface area contributed by atoms with Gasteiger partial charge < -0.3 is 35.5 Å². The van der Waals surface area contributed by atoms with Crippen molar-refractivity contribution in [3.8, 4) is 23.0 Å². The van der Waals surface area contributed by atoms with E-state index >= 15 is 0 Å². The van der Waals surface area contributed by atoms with E-state index in [4.69, 9.17) is 19.9 Å². The number of alkyl carbamates (subject to hydrolysis) is 1. The number of hydrogen-bond donors (Lipinski definition) is 4. The third kappa shape index (κ3) is 20.0. The Morgan fingerprint density at radius 2 is 1.03 bits per heavy atom. The number of ether oxygens (including phenoxy) is 3. The summed E-state index contributed by atoms with van der Waals surface area (Å²) in [4.78, 5) is 30.0. The second-order valence-corrected chi connectivity index (χ2v) is 25.6. The molecule has 4 aromatic carbocycles. The molecule has 1 amide bonds. The molecule has 4 aromatic heterocycles. The molecule has 5 N–H and O–H groups in total. The van der Waals surface area contributed by atoms with Gasteiger partial charge in [0.25, 0.3) is 0 Å². The van der Waals surface area contributed by atoms with Crippen molar-refractivity contribution < 1.29 is 38.0 Å². The highest BCUT2D eigenvalue weighted by atomic mass is 79.9. The number of benzene rings is 4. The van der Waals surface area contributed by atoms with Gasteiger partial charge in [0, 0.05) is 24.2 Å². The summed E-state index contributed by atoms with van der Waals surface area (Å²) in [6.45, 7) is 14.3.